The summed E-state index contributed by atoms with van der Waals surface area (Å²) in [6.45, 7) is -0.433. The third-order valence-corrected chi connectivity index (χ3v) is 7.39. The van der Waals surface area contributed by atoms with E-state index >= 15 is 0 Å². The van der Waals surface area contributed by atoms with E-state index in [1.165, 1.54) is 24.3 Å². The maximum atomic E-state index is 13.2. The van der Waals surface area contributed by atoms with Crippen LogP contribution in [0.3, 0.4) is 0 Å². The monoisotopic (exact) mass is 441 g/mol. The molecule has 1 aliphatic rings. The number of amides is 1. The molecule has 1 aliphatic heterocycles. The van der Waals surface area contributed by atoms with Gasteiger partial charge in [-0.25, -0.2) is 12.7 Å². The molecule has 7 heteroatoms. The summed E-state index contributed by atoms with van der Waals surface area (Å²) in [6, 6.07) is 19.4. The Morgan fingerprint density at radius 3 is 2.37 bits per heavy atom. The first-order valence-corrected chi connectivity index (χ1v) is 11.5. The van der Waals surface area contributed by atoms with Crippen LogP contribution in [0.2, 0.25) is 5.02 Å². The first kappa shape index (κ1) is 20.6. The Labute approximate surface area is 180 Å². The molecule has 1 heterocycles. The van der Waals surface area contributed by atoms with E-state index in [2.05, 4.69) is 0 Å². The first-order chi connectivity index (χ1) is 14.3. The number of fused-ring (bicyclic) bond motifs is 1. The summed E-state index contributed by atoms with van der Waals surface area (Å²) < 4.78 is 26.9. The molecular formula is C23H20ClNO4S. The van der Waals surface area contributed by atoms with Crippen LogP contribution in [0.4, 0.5) is 0 Å². The quantitative estimate of drug-likeness (QED) is 0.607. The van der Waals surface area contributed by atoms with Crippen LogP contribution < -0.4 is 0 Å². The number of ketones is 1. The second-order valence-corrected chi connectivity index (χ2v) is 9.76. The van der Waals surface area contributed by atoms with Crippen LogP contribution in [-0.4, -0.2) is 31.0 Å². The van der Waals surface area contributed by atoms with E-state index in [1.54, 1.807) is 0 Å². The number of nitrogens with zero attached hydrogens (tertiary/aromatic N) is 1. The summed E-state index contributed by atoms with van der Waals surface area (Å²) in [4.78, 5) is 25.4. The SMILES string of the molecule is O=C1CCC(Cc2ccc3ccccc3c2)C(=O)N(S(=O)(=O)c2ccc(Cl)cc2)C1. The van der Waals surface area contributed by atoms with Crippen molar-refractivity contribution >= 4 is 44.1 Å². The third-order valence-electron chi connectivity index (χ3n) is 5.38. The van der Waals surface area contributed by atoms with Crippen LogP contribution >= 0.6 is 11.6 Å². The second-order valence-electron chi connectivity index (χ2n) is 7.46. The van der Waals surface area contributed by atoms with Gasteiger partial charge in [0.05, 0.1) is 11.4 Å². The smallest absolute Gasteiger partial charge is 0.266 e. The zero-order chi connectivity index (χ0) is 21.3. The molecule has 4 rings (SSSR count). The third kappa shape index (κ3) is 4.11. The van der Waals surface area contributed by atoms with Crippen molar-refractivity contribution < 1.29 is 18.0 Å². The fourth-order valence-electron chi connectivity index (χ4n) is 3.76. The average molecular weight is 442 g/mol. The highest BCUT2D eigenvalue weighted by molar-refractivity contribution is 7.89. The van der Waals surface area contributed by atoms with Gasteiger partial charge < -0.3 is 0 Å². The molecule has 0 saturated carbocycles. The predicted octanol–water partition coefficient (Wildman–Crippen LogP) is 4.23. The van der Waals surface area contributed by atoms with Gasteiger partial charge in [-0.3, -0.25) is 9.59 Å². The molecule has 0 N–H and O–H groups in total. The molecule has 5 nitrogen and oxygen atoms in total. The second kappa shape index (κ2) is 8.20. The highest BCUT2D eigenvalue weighted by atomic mass is 35.5. The van der Waals surface area contributed by atoms with Gasteiger partial charge in [-0.15, -0.1) is 0 Å². The normalized spacial score (nSPS) is 17.9. The summed E-state index contributed by atoms with van der Waals surface area (Å²) in [7, 11) is -4.14. The fraction of sp³-hybridized carbons (Fsp3) is 0.217. The van der Waals surface area contributed by atoms with Crippen molar-refractivity contribution in [1.82, 2.24) is 4.31 Å². The number of halogens is 1. The van der Waals surface area contributed by atoms with Crippen molar-refractivity contribution in [3.05, 3.63) is 77.3 Å². The number of rotatable bonds is 4. The van der Waals surface area contributed by atoms with Crippen molar-refractivity contribution in [2.24, 2.45) is 5.92 Å². The van der Waals surface area contributed by atoms with Crippen LogP contribution in [0.1, 0.15) is 18.4 Å². The summed E-state index contributed by atoms with van der Waals surface area (Å²) in [5, 5.41) is 2.54. The van der Waals surface area contributed by atoms with E-state index in [1.807, 2.05) is 42.5 Å². The molecule has 1 fully saturated rings. The molecule has 1 atom stereocenters. The Bertz CT molecular complexity index is 1220. The van der Waals surface area contributed by atoms with E-state index in [9.17, 15) is 18.0 Å². The van der Waals surface area contributed by atoms with Crippen molar-refractivity contribution in [2.45, 2.75) is 24.2 Å². The lowest BCUT2D eigenvalue weighted by Crippen LogP contribution is -2.42. The maximum Gasteiger partial charge on any atom is 0.266 e. The predicted molar refractivity (Wildman–Crippen MR) is 116 cm³/mol. The molecule has 0 bridgehead atoms. The Balaban J connectivity index is 1.64. The van der Waals surface area contributed by atoms with Crippen LogP contribution in [-0.2, 0) is 26.0 Å². The fourth-order valence-corrected chi connectivity index (χ4v) is 5.32. The maximum absolute atomic E-state index is 13.2. The molecule has 0 spiro atoms. The number of hydrogen-bond acceptors (Lipinski definition) is 4. The minimum Gasteiger partial charge on any atom is -0.298 e. The number of carbonyl (C=O) groups is 2. The van der Waals surface area contributed by atoms with Crippen molar-refractivity contribution in [2.75, 3.05) is 6.54 Å². The standard InChI is InChI=1S/C23H20ClNO4S/c24-20-8-11-22(12-9-20)30(28,29)25-15-21(26)10-7-19(23(25)27)14-16-5-6-17-3-1-2-4-18(17)13-16/h1-6,8-9,11-13,19H,7,10,14-15H2. The lowest BCUT2D eigenvalue weighted by Gasteiger charge is -2.23. The topological polar surface area (TPSA) is 71.5 Å². The molecule has 3 aromatic carbocycles. The van der Waals surface area contributed by atoms with Gasteiger partial charge in [0.15, 0.2) is 5.78 Å². The van der Waals surface area contributed by atoms with Crippen LogP contribution in [0.15, 0.2) is 71.6 Å². The first-order valence-electron chi connectivity index (χ1n) is 9.66. The van der Waals surface area contributed by atoms with Gasteiger partial charge in [-0.2, -0.15) is 0 Å². The van der Waals surface area contributed by atoms with Gasteiger partial charge in [-0.05, 0) is 53.4 Å². The Kier molecular flexibility index (Phi) is 5.62. The van der Waals surface area contributed by atoms with Crippen molar-refractivity contribution in [3.8, 4) is 0 Å². The van der Waals surface area contributed by atoms with Crippen molar-refractivity contribution in [1.29, 1.82) is 0 Å². The molecular weight excluding hydrogens is 422 g/mol. The summed E-state index contributed by atoms with van der Waals surface area (Å²) >= 11 is 5.85. The zero-order valence-electron chi connectivity index (χ0n) is 16.1. The average Bonchev–Trinajstić information content (AvgIpc) is 2.88. The van der Waals surface area contributed by atoms with Crippen LogP contribution in [0, 0.1) is 5.92 Å². The number of sulfonamides is 1. The van der Waals surface area contributed by atoms with Gasteiger partial charge in [0, 0.05) is 17.4 Å². The van der Waals surface area contributed by atoms with Gasteiger partial charge >= 0.3 is 0 Å². The summed E-state index contributed by atoms with van der Waals surface area (Å²) in [6.07, 6.45) is 0.886. The van der Waals surface area contributed by atoms with Gasteiger partial charge in [0.1, 0.15) is 0 Å². The van der Waals surface area contributed by atoms with Gasteiger partial charge in [-0.1, -0.05) is 54.1 Å². The lowest BCUT2D eigenvalue weighted by atomic mass is 9.93. The molecule has 154 valence electrons. The lowest BCUT2D eigenvalue weighted by molar-refractivity contribution is -0.131. The molecule has 1 saturated heterocycles. The van der Waals surface area contributed by atoms with E-state index < -0.39 is 28.4 Å². The Hall–Kier alpha value is -2.70. The zero-order valence-corrected chi connectivity index (χ0v) is 17.7. The highest BCUT2D eigenvalue weighted by Gasteiger charge is 2.38. The van der Waals surface area contributed by atoms with Crippen LogP contribution in [0.25, 0.3) is 10.8 Å². The van der Waals surface area contributed by atoms with Crippen molar-refractivity contribution in [3.63, 3.8) is 0 Å². The molecule has 3 aromatic rings. The highest BCUT2D eigenvalue weighted by Crippen LogP contribution is 2.27. The van der Waals surface area contributed by atoms with E-state index in [0.717, 1.165) is 20.6 Å². The molecule has 1 unspecified atom stereocenters. The Morgan fingerprint density at radius 1 is 0.933 bits per heavy atom. The molecule has 30 heavy (non-hydrogen) atoms. The molecule has 0 aliphatic carbocycles. The Morgan fingerprint density at radius 2 is 1.63 bits per heavy atom. The molecule has 0 aromatic heterocycles. The minimum atomic E-state index is -4.14. The van der Waals surface area contributed by atoms with Crippen LogP contribution in [0.5, 0.6) is 0 Å². The summed E-state index contributed by atoms with van der Waals surface area (Å²) in [5.74, 6) is -1.38. The number of hydrogen-bond donors (Lipinski definition) is 0. The van der Waals surface area contributed by atoms with E-state index in [4.69, 9.17) is 11.6 Å². The van der Waals surface area contributed by atoms with Gasteiger partial charge in [0.2, 0.25) is 5.91 Å². The molecule has 0 radical (unpaired) electrons. The largest absolute Gasteiger partial charge is 0.298 e. The minimum absolute atomic E-state index is 0.0561. The summed E-state index contributed by atoms with van der Waals surface area (Å²) in [5.41, 5.74) is 0.935. The van der Waals surface area contributed by atoms with Gasteiger partial charge in [0.25, 0.3) is 10.0 Å². The van der Waals surface area contributed by atoms with E-state index in [-0.39, 0.29) is 17.1 Å². The van der Waals surface area contributed by atoms with E-state index in [0.29, 0.717) is 17.9 Å². The number of benzene rings is 3. The number of carbonyl (C=O) groups excluding carboxylic acids is 2. The molecule has 1 amide bonds. The number of Topliss-reactive ketones (excluding diaryl/α,β-unsaturated/α-hetero) is 1.